The van der Waals surface area contributed by atoms with Gasteiger partial charge in [-0.05, 0) is 24.3 Å². The predicted molar refractivity (Wildman–Crippen MR) is 93.3 cm³/mol. The number of allylic oxidation sites excluding steroid dienone is 2. The Morgan fingerprint density at radius 2 is 1.24 bits per heavy atom. The van der Waals surface area contributed by atoms with E-state index in [4.69, 9.17) is 0 Å². The van der Waals surface area contributed by atoms with Crippen molar-refractivity contribution in [3.05, 3.63) is 64.5 Å². The molecule has 0 aromatic heterocycles. The molecule has 0 amide bonds. The maximum atomic E-state index is 13.7. The summed E-state index contributed by atoms with van der Waals surface area (Å²) in [5.41, 5.74) is -10.8. The summed E-state index contributed by atoms with van der Waals surface area (Å²) in [5, 5.41) is 0. The summed E-state index contributed by atoms with van der Waals surface area (Å²) in [4.78, 5) is 24.4. The zero-order valence-corrected chi connectivity index (χ0v) is 16.4. The van der Waals surface area contributed by atoms with Crippen LogP contribution in [0.4, 0.5) is 45.2 Å². The number of anilines is 1. The second-order valence-electron chi connectivity index (χ2n) is 6.23. The van der Waals surface area contributed by atoms with E-state index in [1.165, 1.54) is 0 Å². The Balaban J connectivity index is 3.10. The molecule has 0 spiro atoms. The largest absolute Gasteiger partial charge is 0.465 e. The molecule has 2 rings (SSSR count). The summed E-state index contributed by atoms with van der Waals surface area (Å²) >= 11 is 0. The van der Waals surface area contributed by atoms with Crippen LogP contribution < -0.4 is 4.90 Å². The third kappa shape index (κ3) is 5.31. The van der Waals surface area contributed by atoms with Gasteiger partial charge in [0.1, 0.15) is 5.70 Å². The van der Waals surface area contributed by atoms with E-state index in [0.29, 0.717) is 6.20 Å². The molecule has 1 heterocycles. The van der Waals surface area contributed by atoms with Crippen LogP contribution in [0.1, 0.15) is 16.7 Å². The van der Waals surface area contributed by atoms with Gasteiger partial charge in [-0.25, -0.2) is 9.59 Å². The van der Waals surface area contributed by atoms with Crippen molar-refractivity contribution in [2.45, 2.75) is 18.5 Å². The van der Waals surface area contributed by atoms with E-state index < -0.39 is 76.2 Å². The Morgan fingerprint density at radius 3 is 1.64 bits per heavy atom. The highest BCUT2D eigenvalue weighted by Gasteiger charge is 2.47. The molecule has 0 saturated carbocycles. The normalized spacial score (nSPS) is 14.9. The van der Waals surface area contributed by atoms with Crippen LogP contribution in [-0.4, -0.2) is 26.2 Å². The van der Waals surface area contributed by atoms with E-state index in [1.807, 2.05) is 0 Å². The van der Waals surface area contributed by atoms with Gasteiger partial charge in [0.05, 0.1) is 42.2 Å². The van der Waals surface area contributed by atoms with Crippen molar-refractivity contribution in [1.82, 2.24) is 0 Å². The van der Waals surface area contributed by atoms with Crippen LogP contribution in [0, 0.1) is 0 Å². The van der Waals surface area contributed by atoms with Crippen molar-refractivity contribution in [3.8, 4) is 0 Å². The number of hydrogen-bond donors (Lipinski definition) is 0. The smallest absolute Gasteiger partial charge is 0.418 e. The number of benzene rings is 1. The summed E-state index contributed by atoms with van der Waals surface area (Å²) < 4.78 is 131. The van der Waals surface area contributed by atoms with E-state index in [9.17, 15) is 49.1 Å². The van der Waals surface area contributed by atoms with Gasteiger partial charge >= 0.3 is 30.5 Å². The maximum Gasteiger partial charge on any atom is 0.418 e. The number of nitrogens with zero attached hydrogens (tertiary/aromatic N) is 1. The highest BCUT2D eigenvalue weighted by Crippen LogP contribution is 2.49. The Labute approximate surface area is 179 Å². The SMILES string of the molecule is COC(=O)C1=C(C(=O)OC)N(c2c(C(F)(F)F)cc(C(F)(F)F)cc2C(F)(F)F)C=CC=C1. The van der Waals surface area contributed by atoms with E-state index in [0.717, 1.165) is 32.4 Å². The molecule has 14 heteroatoms. The number of methoxy groups -OCH3 is 2. The lowest BCUT2D eigenvalue weighted by Gasteiger charge is -2.30. The number of alkyl halides is 9. The molecule has 180 valence electrons. The van der Waals surface area contributed by atoms with Crippen LogP contribution in [0.5, 0.6) is 0 Å². The first-order valence-electron chi connectivity index (χ1n) is 8.48. The first-order chi connectivity index (χ1) is 15.0. The summed E-state index contributed by atoms with van der Waals surface area (Å²) in [6.45, 7) is 0. The minimum atomic E-state index is -5.74. The molecule has 0 unspecified atom stereocenters. The topological polar surface area (TPSA) is 55.8 Å². The third-order valence-corrected chi connectivity index (χ3v) is 4.18. The van der Waals surface area contributed by atoms with Crippen molar-refractivity contribution < 1.29 is 58.6 Å². The number of carbonyl (C=O) groups excluding carboxylic acids is 2. The molecule has 0 fully saturated rings. The molecular formula is C19H12F9NO4. The van der Waals surface area contributed by atoms with Gasteiger partial charge in [0.25, 0.3) is 0 Å². The average Bonchev–Trinajstić information content (AvgIpc) is 2.92. The van der Waals surface area contributed by atoms with Gasteiger partial charge in [-0.15, -0.1) is 0 Å². The fourth-order valence-electron chi connectivity index (χ4n) is 2.83. The summed E-state index contributed by atoms with van der Waals surface area (Å²) in [6, 6.07) is -1.05. The van der Waals surface area contributed by atoms with Gasteiger partial charge in [-0.2, -0.15) is 39.5 Å². The molecule has 1 aromatic carbocycles. The van der Waals surface area contributed by atoms with Crippen LogP contribution in [-0.2, 0) is 37.6 Å². The number of carbonyl (C=O) groups is 2. The van der Waals surface area contributed by atoms with Crippen molar-refractivity contribution in [3.63, 3.8) is 0 Å². The fourth-order valence-corrected chi connectivity index (χ4v) is 2.83. The van der Waals surface area contributed by atoms with E-state index >= 15 is 0 Å². The molecule has 1 aliphatic rings. The summed E-state index contributed by atoms with van der Waals surface area (Å²) in [6.07, 6.45) is -13.8. The van der Waals surface area contributed by atoms with Gasteiger partial charge in [0.2, 0.25) is 0 Å². The zero-order chi connectivity index (χ0) is 25.4. The summed E-state index contributed by atoms with van der Waals surface area (Å²) in [5.74, 6) is -2.90. The molecular weight excluding hydrogens is 477 g/mol. The number of rotatable bonds is 3. The lowest BCUT2D eigenvalue weighted by Crippen LogP contribution is -2.31. The number of ether oxygens (including phenoxy) is 2. The predicted octanol–water partition coefficient (Wildman–Crippen LogP) is 5.23. The molecule has 1 aliphatic heterocycles. The number of halogens is 9. The van der Waals surface area contributed by atoms with Gasteiger partial charge in [-0.3, -0.25) is 0 Å². The molecule has 0 saturated heterocycles. The first kappa shape index (κ1) is 25.8. The van der Waals surface area contributed by atoms with Crippen LogP contribution in [0.25, 0.3) is 0 Å². The van der Waals surface area contributed by atoms with E-state index in [1.54, 1.807) is 0 Å². The standard InChI is InChI=1S/C19H12F9NO4/c1-32-15(30)10-5-3-4-6-29(13(10)16(31)33-2)14-11(18(23,24)25)7-9(17(20,21)22)8-12(14)19(26,27)28/h3-8H,1-2H3. The number of hydrogen-bond acceptors (Lipinski definition) is 5. The second kappa shape index (κ2) is 8.83. The van der Waals surface area contributed by atoms with Crippen LogP contribution in [0.3, 0.4) is 0 Å². The van der Waals surface area contributed by atoms with Crippen LogP contribution >= 0.6 is 0 Å². The van der Waals surface area contributed by atoms with Crippen molar-refractivity contribution in [1.29, 1.82) is 0 Å². The Morgan fingerprint density at radius 1 is 0.758 bits per heavy atom. The minimum absolute atomic E-state index is 0.0100. The highest BCUT2D eigenvalue weighted by atomic mass is 19.4. The van der Waals surface area contributed by atoms with Crippen molar-refractivity contribution >= 4 is 17.6 Å². The first-order valence-corrected chi connectivity index (χ1v) is 8.48. The fraction of sp³-hybridized carbons (Fsp3) is 0.263. The second-order valence-corrected chi connectivity index (χ2v) is 6.23. The molecule has 33 heavy (non-hydrogen) atoms. The molecule has 0 aliphatic carbocycles. The maximum absolute atomic E-state index is 13.7. The van der Waals surface area contributed by atoms with Gasteiger partial charge in [0, 0.05) is 6.20 Å². The molecule has 5 nitrogen and oxygen atoms in total. The molecule has 0 atom stereocenters. The lowest BCUT2D eigenvalue weighted by molar-refractivity contribution is -0.148. The van der Waals surface area contributed by atoms with Gasteiger partial charge in [0.15, 0.2) is 0 Å². The minimum Gasteiger partial charge on any atom is -0.465 e. The number of esters is 2. The van der Waals surface area contributed by atoms with Crippen molar-refractivity contribution in [2.75, 3.05) is 19.1 Å². The lowest BCUT2D eigenvalue weighted by atomic mass is 9.99. The molecule has 0 N–H and O–H groups in total. The monoisotopic (exact) mass is 489 g/mol. The summed E-state index contributed by atoms with van der Waals surface area (Å²) in [7, 11) is 1.55. The highest BCUT2D eigenvalue weighted by molar-refractivity contribution is 6.05. The van der Waals surface area contributed by atoms with Gasteiger partial charge < -0.3 is 14.4 Å². The quantitative estimate of drug-likeness (QED) is 0.430. The zero-order valence-electron chi connectivity index (χ0n) is 16.4. The van der Waals surface area contributed by atoms with E-state index in [2.05, 4.69) is 9.47 Å². The Kier molecular flexibility index (Phi) is 6.90. The van der Waals surface area contributed by atoms with Crippen LogP contribution in [0.15, 0.2) is 47.8 Å². The Bertz CT molecular complexity index is 1010. The average molecular weight is 489 g/mol. The van der Waals surface area contributed by atoms with Gasteiger partial charge in [-0.1, -0.05) is 6.08 Å². The third-order valence-electron chi connectivity index (χ3n) is 4.18. The molecule has 0 bridgehead atoms. The Hall–Kier alpha value is -3.45. The molecule has 0 radical (unpaired) electrons. The van der Waals surface area contributed by atoms with Crippen molar-refractivity contribution in [2.24, 2.45) is 0 Å². The van der Waals surface area contributed by atoms with Crippen LogP contribution in [0.2, 0.25) is 0 Å². The van der Waals surface area contributed by atoms with E-state index in [-0.39, 0.29) is 4.90 Å². The molecule has 1 aromatic rings.